The molecular weight excluding hydrogens is 221 g/mol. The number of allylic oxidation sites excluding steroid dienone is 3. The molecule has 0 spiro atoms. The molecule has 5 heteroatoms. The fourth-order valence-corrected chi connectivity index (χ4v) is 1.27. The number of rotatable bonds is 5. The van der Waals surface area contributed by atoms with Crippen LogP contribution in [0, 0.1) is 0 Å². The molecular formula is C11H15F3O2. The van der Waals surface area contributed by atoms with Crippen LogP contribution < -0.4 is 0 Å². The molecule has 0 fully saturated rings. The maximum absolute atomic E-state index is 12.0. The Kier molecular flexibility index (Phi) is 4.71. The lowest BCUT2D eigenvalue weighted by Crippen LogP contribution is -2.18. The highest BCUT2D eigenvalue weighted by molar-refractivity contribution is 5.20. The molecule has 0 radical (unpaired) electrons. The molecule has 1 rings (SSSR count). The van der Waals surface area contributed by atoms with Gasteiger partial charge in [-0.25, -0.2) is 0 Å². The van der Waals surface area contributed by atoms with E-state index in [0.717, 1.165) is 6.42 Å². The summed E-state index contributed by atoms with van der Waals surface area (Å²) in [5, 5.41) is 0. The molecule has 0 aromatic rings. The van der Waals surface area contributed by atoms with Gasteiger partial charge in [0.2, 0.25) is 0 Å². The van der Waals surface area contributed by atoms with E-state index in [1.54, 1.807) is 6.08 Å². The van der Waals surface area contributed by atoms with Crippen LogP contribution in [0.3, 0.4) is 0 Å². The summed E-state index contributed by atoms with van der Waals surface area (Å²) in [5.74, 6) is 0.727. The summed E-state index contributed by atoms with van der Waals surface area (Å²) in [4.78, 5) is 0. The average Bonchev–Trinajstić information content (AvgIpc) is 2.23. The van der Waals surface area contributed by atoms with E-state index in [-0.39, 0.29) is 0 Å². The Morgan fingerprint density at radius 1 is 1.31 bits per heavy atom. The van der Waals surface area contributed by atoms with Crippen molar-refractivity contribution < 1.29 is 22.6 Å². The van der Waals surface area contributed by atoms with Crippen LogP contribution in [-0.2, 0) is 9.47 Å². The van der Waals surface area contributed by atoms with Gasteiger partial charge in [-0.2, -0.15) is 13.2 Å². The molecule has 92 valence electrons. The van der Waals surface area contributed by atoms with Crippen LogP contribution in [0.4, 0.5) is 13.2 Å². The van der Waals surface area contributed by atoms with E-state index in [1.807, 2.05) is 13.0 Å². The van der Waals surface area contributed by atoms with Crippen LogP contribution in [0.15, 0.2) is 23.7 Å². The van der Waals surface area contributed by atoms with Crippen molar-refractivity contribution in [2.24, 2.45) is 0 Å². The van der Waals surface area contributed by atoms with E-state index >= 15 is 0 Å². The zero-order chi connectivity index (χ0) is 12.0. The molecule has 2 nitrogen and oxygen atoms in total. The van der Waals surface area contributed by atoms with E-state index < -0.39 is 12.8 Å². The Balaban J connectivity index is 2.57. The van der Waals surface area contributed by atoms with Crippen LogP contribution in [-0.4, -0.2) is 19.4 Å². The van der Waals surface area contributed by atoms with Crippen molar-refractivity contribution >= 4 is 0 Å². The second-order valence-electron chi connectivity index (χ2n) is 3.48. The minimum atomic E-state index is -4.30. The fraction of sp³-hybridized carbons (Fsp3) is 0.636. The lowest BCUT2D eigenvalue weighted by Gasteiger charge is -2.18. The van der Waals surface area contributed by atoms with Crippen molar-refractivity contribution in [2.45, 2.75) is 32.4 Å². The molecule has 1 aliphatic carbocycles. The summed E-state index contributed by atoms with van der Waals surface area (Å²) in [7, 11) is 0. The number of ether oxygens (including phenoxy) is 2. The van der Waals surface area contributed by atoms with E-state index in [1.165, 1.54) is 0 Å². The van der Waals surface area contributed by atoms with Gasteiger partial charge in [0.15, 0.2) is 12.4 Å². The van der Waals surface area contributed by atoms with Gasteiger partial charge < -0.3 is 9.47 Å². The number of hydrogen-bond donors (Lipinski definition) is 0. The van der Waals surface area contributed by atoms with Crippen LogP contribution >= 0.6 is 0 Å². The zero-order valence-electron chi connectivity index (χ0n) is 9.14. The average molecular weight is 236 g/mol. The quantitative estimate of drug-likeness (QED) is 0.726. The van der Waals surface area contributed by atoms with E-state index in [9.17, 15) is 13.2 Å². The second-order valence-corrected chi connectivity index (χ2v) is 3.48. The highest BCUT2D eigenvalue weighted by Crippen LogP contribution is 2.24. The van der Waals surface area contributed by atoms with Crippen molar-refractivity contribution in [3.05, 3.63) is 23.7 Å². The molecule has 0 N–H and O–H groups in total. The van der Waals surface area contributed by atoms with Gasteiger partial charge in [0.25, 0.3) is 0 Å². The number of halogens is 3. The van der Waals surface area contributed by atoms with Gasteiger partial charge >= 0.3 is 6.18 Å². The van der Waals surface area contributed by atoms with Crippen LogP contribution in [0.5, 0.6) is 0 Å². The summed E-state index contributed by atoms with van der Waals surface area (Å²) in [6.45, 7) is 1.16. The first-order valence-corrected chi connectivity index (χ1v) is 5.25. The van der Waals surface area contributed by atoms with Crippen LogP contribution in [0.25, 0.3) is 0 Å². The lowest BCUT2D eigenvalue weighted by molar-refractivity contribution is -0.166. The fourth-order valence-electron chi connectivity index (χ4n) is 1.27. The minimum Gasteiger partial charge on any atom is -0.490 e. The third kappa shape index (κ3) is 4.59. The molecule has 0 heterocycles. The van der Waals surface area contributed by atoms with Gasteiger partial charge in [-0.15, -0.1) is 0 Å². The summed E-state index contributed by atoms with van der Waals surface area (Å²) in [5.41, 5.74) is 0. The zero-order valence-corrected chi connectivity index (χ0v) is 9.14. The molecule has 0 aromatic carbocycles. The third-order valence-corrected chi connectivity index (χ3v) is 1.95. The highest BCUT2D eigenvalue weighted by Gasteiger charge is 2.29. The first kappa shape index (κ1) is 12.9. The molecule has 0 amide bonds. The first-order chi connectivity index (χ1) is 7.53. The molecule has 16 heavy (non-hydrogen) atoms. The first-order valence-electron chi connectivity index (χ1n) is 5.25. The monoisotopic (exact) mass is 236 g/mol. The Labute approximate surface area is 92.7 Å². The molecule has 0 aromatic heterocycles. The largest absolute Gasteiger partial charge is 0.490 e. The second kappa shape index (κ2) is 5.82. The molecule has 1 aliphatic rings. The van der Waals surface area contributed by atoms with Gasteiger partial charge in [0, 0.05) is 6.42 Å². The number of alkyl halides is 3. The standard InChI is InChI=1S/C11H15F3O2/c1-2-7-15-9-5-3-4-6-10(9)16-8-11(12,13)14/h3,5H,2,4,6-8H2,1H3. The Morgan fingerprint density at radius 2 is 2.06 bits per heavy atom. The van der Waals surface area contributed by atoms with Gasteiger partial charge in [-0.1, -0.05) is 13.0 Å². The van der Waals surface area contributed by atoms with E-state index in [4.69, 9.17) is 9.47 Å². The van der Waals surface area contributed by atoms with Crippen molar-refractivity contribution in [1.82, 2.24) is 0 Å². The van der Waals surface area contributed by atoms with Crippen LogP contribution in [0.1, 0.15) is 26.2 Å². The third-order valence-electron chi connectivity index (χ3n) is 1.95. The molecule has 0 saturated heterocycles. The maximum Gasteiger partial charge on any atom is 0.422 e. The SMILES string of the molecule is CCCOC1=C(OCC(F)(F)F)CCC=C1. The minimum absolute atomic E-state index is 0.299. The summed E-state index contributed by atoms with van der Waals surface area (Å²) >= 11 is 0. The Bertz CT molecular complexity index is 279. The van der Waals surface area contributed by atoms with Crippen LogP contribution in [0.2, 0.25) is 0 Å². The van der Waals surface area contributed by atoms with Crippen molar-refractivity contribution in [3.8, 4) is 0 Å². The Hall–Kier alpha value is -1.13. The normalized spacial score (nSPS) is 16.5. The molecule has 0 unspecified atom stereocenters. The summed E-state index contributed by atoms with van der Waals surface area (Å²) in [6, 6.07) is 0. The Morgan fingerprint density at radius 3 is 2.69 bits per heavy atom. The molecule has 0 bridgehead atoms. The van der Waals surface area contributed by atoms with E-state index in [2.05, 4.69) is 0 Å². The van der Waals surface area contributed by atoms with Gasteiger partial charge in [0.1, 0.15) is 5.76 Å². The molecule has 0 saturated carbocycles. The van der Waals surface area contributed by atoms with Crippen molar-refractivity contribution in [3.63, 3.8) is 0 Å². The van der Waals surface area contributed by atoms with Gasteiger partial charge in [-0.05, 0) is 18.9 Å². The predicted octanol–water partition coefficient (Wildman–Crippen LogP) is 3.55. The predicted molar refractivity (Wildman–Crippen MR) is 53.7 cm³/mol. The highest BCUT2D eigenvalue weighted by atomic mass is 19.4. The number of hydrogen-bond acceptors (Lipinski definition) is 2. The summed E-state index contributed by atoms with van der Waals surface area (Å²) < 4.78 is 46.0. The maximum atomic E-state index is 12.0. The lowest BCUT2D eigenvalue weighted by atomic mass is 10.1. The smallest absolute Gasteiger partial charge is 0.422 e. The van der Waals surface area contributed by atoms with Gasteiger partial charge in [-0.3, -0.25) is 0 Å². The topological polar surface area (TPSA) is 18.5 Å². The molecule has 0 atom stereocenters. The summed E-state index contributed by atoms with van der Waals surface area (Å²) in [6.07, 6.45) is 1.20. The van der Waals surface area contributed by atoms with Crippen molar-refractivity contribution in [2.75, 3.05) is 13.2 Å². The van der Waals surface area contributed by atoms with E-state index in [0.29, 0.717) is 31.0 Å². The molecule has 0 aliphatic heterocycles. The van der Waals surface area contributed by atoms with Gasteiger partial charge in [0.05, 0.1) is 6.61 Å². The van der Waals surface area contributed by atoms with Crippen molar-refractivity contribution in [1.29, 1.82) is 0 Å².